The number of esters is 2. The number of carbonyl (C=O) groups excluding carboxylic acids is 4. The second kappa shape index (κ2) is 29.4. The van der Waals surface area contributed by atoms with Gasteiger partial charge in [-0.25, -0.2) is 14.4 Å². The highest BCUT2D eigenvalue weighted by Crippen LogP contribution is 2.15. The van der Waals surface area contributed by atoms with Crippen LogP contribution < -0.4 is 10.6 Å². The van der Waals surface area contributed by atoms with E-state index in [1.54, 1.807) is 48.5 Å². The maximum atomic E-state index is 11.6. The smallest absolute Gasteiger partial charge is 0.411 e. The number of amides is 2. The van der Waals surface area contributed by atoms with E-state index in [0.29, 0.717) is 47.8 Å². The Morgan fingerprint density at radius 1 is 0.646 bits per heavy atom. The predicted octanol–water partition coefficient (Wildman–Crippen LogP) is 10.5. The molecule has 0 aliphatic heterocycles. The quantitative estimate of drug-likeness (QED) is 0.0637. The largest absolute Gasteiger partial charge is 0.465 e. The van der Waals surface area contributed by atoms with E-state index in [-0.39, 0.29) is 26.7 Å². The van der Waals surface area contributed by atoms with E-state index in [2.05, 4.69) is 17.2 Å². The van der Waals surface area contributed by atoms with E-state index in [1.165, 1.54) is 0 Å². The van der Waals surface area contributed by atoms with Crippen molar-refractivity contribution in [1.29, 1.82) is 0 Å². The Bertz CT molecular complexity index is 1180. The summed E-state index contributed by atoms with van der Waals surface area (Å²) in [4.78, 5) is 45.3. The number of benzene rings is 2. The number of rotatable bonds is 19. The highest BCUT2D eigenvalue weighted by atomic mass is 35.5. The van der Waals surface area contributed by atoms with Crippen molar-refractivity contribution >= 4 is 58.7 Å². The van der Waals surface area contributed by atoms with Crippen LogP contribution in [0.1, 0.15) is 86.5 Å². The van der Waals surface area contributed by atoms with Crippen molar-refractivity contribution in [3.63, 3.8) is 0 Å². The van der Waals surface area contributed by atoms with Crippen molar-refractivity contribution in [2.45, 2.75) is 86.5 Å². The molecule has 48 heavy (non-hydrogen) atoms. The van der Waals surface area contributed by atoms with Crippen molar-refractivity contribution in [3.8, 4) is 0 Å². The molecule has 2 N–H and O–H groups in total. The van der Waals surface area contributed by atoms with Gasteiger partial charge in [0.05, 0.1) is 32.3 Å². The number of anilines is 2. The Morgan fingerprint density at radius 3 is 1.35 bits per heavy atom. The fourth-order valence-corrected chi connectivity index (χ4v) is 3.78. The van der Waals surface area contributed by atoms with Crippen LogP contribution in [0.2, 0.25) is 10.0 Å². The van der Waals surface area contributed by atoms with Crippen LogP contribution in [-0.4, -0.2) is 50.6 Å². The SMILES string of the molecule is C.C.C=CC(=O)OCCCCCCOC(=O)Nc1ccc(Cl)cc1.CCC(C)C(=O)OCCCCCCOC(=O)Nc1ccc(Cl)cc1. The van der Waals surface area contributed by atoms with E-state index >= 15 is 0 Å². The Hall–Kier alpha value is -3.76. The first-order chi connectivity index (χ1) is 22.1. The third-order valence-corrected chi connectivity index (χ3v) is 6.90. The Morgan fingerprint density at radius 2 is 1.00 bits per heavy atom. The van der Waals surface area contributed by atoms with Gasteiger partial charge in [-0.3, -0.25) is 15.4 Å². The molecule has 0 radical (unpaired) electrons. The van der Waals surface area contributed by atoms with E-state index in [1.807, 2.05) is 13.8 Å². The van der Waals surface area contributed by atoms with E-state index < -0.39 is 18.2 Å². The minimum atomic E-state index is -0.484. The zero-order valence-corrected chi connectivity index (χ0v) is 28.2. The normalized spacial score (nSPS) is 10.3. The standard InChI is InChI=1S/C18H26ClNO4.C16H20ClNO4.2CH4/c1-3-14(2)17(21)23-12-6-4-5-7-13-24-18(22)20-16-10-8-15(19)9-11-16;1-2-15(19)21-11-5-3-4-6-12-22-16(20)18-14-9-7-13(17)8-10-14;;/h8-11,14H,3-7,12-13H2,1-2H3,(H,20,22);2,7-10H,1,3-6,11-12H2,(H,18,20);2*1H4. The van der Waals surface area contributed by atoms with Gasteiger partial charge in [0.15, 0.2) is 0 Å². The Kier molecular flexibility index (Phi) is 28.4. The molecule has 12 heteroatoms. The van der Waals surface area contributed by atoms with Crippen molar-refractivity contribution in [3.05, 3.63) is 71.2 Å². The van der Waals surface area contributed by atoms with Gasteiger partial charge in [-0.2, -0.15) is 0 Å². The van der Waals surface area contributed by atoms with Crippen LogP contribution in [0.15, 0.2) is 61.2 Å². The van der Waals surface area contributed by atoms with Crippen LogP contribution in [0.3, 0.4) is 0 Å². The molecule has 1 atom stereocenters. The summed E-state index contributed by atoms with van der Waals surface area (Å²) in [6.45, 7) is 8.72. The van der Waals surface area contributed by atoms with Crippen molar-refractivity contribution in [2.75, 3.05) is 37.1 Å². The maximum Gasteiger partial charge on any atom is 0.411 e. The lowest BCUT2D eigenvalue weighted by Gasteiger charge is -2.09. The van der Waals surface area contributed by atoms with Gasteiger partial charge >= 0.3 is 24.1 Å². The number of carbonyl (C=O) groups is 4. The molecule has 0 saturated heterocycles. The summed E-state index contributed by atoms with van der Waals surface area (Å²) in [5, 5.41) is 6.47. The number of ether oxygens (including phenoxy) is 4. The van der Waals surface area contributed by atoms with Crippen molar-refractivity contribution in [2.24, 2.45) is 5.92 Å². The predicted molar refractivity (Wildman–Crippen MR) is 195 cm³/mol. The van der Waals surface area contributed by atoms with Crippen LogP contribution >= 0.6 is 23.2 Å². The number of unbranched alkanes of at least 4 members (excludes halogenated alkanes) is 6. The molecule has 0 bridgehead atoms. The first-order valence-corrected chi connectivity index (χ1v) is 16.2. The summed E-state index contributed by atoms with van der Waals surface area (Å²) < 4.78 is 20.2. The van der Waals surface area contributed by atoms with Crippen molar-refractivity contribution < 1.29 is 38.1 Å². The monoisotopic (exact) mass is 712 g/mol. The lowest BCUT2D eigenvalue weighted by molar-refractivity contribution is -0.148. The molecule has 0 aliphatic carbocycles. The van der Waals surface area contributed by atoms with Gasteiger partial charge in [-0.05, 0) is 106 Å². The van der Waals surface area contributed by atoms with Gasteiger partial charge in [0.2, 0.25) is 0 Å². The molecular weight excluding hydrogens is 659 g/mol. The summed E-state index contributed by atoms with van der Waals surface area (Å²) in [6, 6.07) is 13.6. The first kappa shape index (κ1) is 46.4. The highest BCUT2D eigenvalue weighted by Gasteiger charge is 2.11. The molecule has 2 aromatic carbocycles. The molecule has 10 nitrogen and oxygen atoms in total. The van der Waals surface area contributed by atoms with Crippen LogP contribution in [0.4, 0.5) is 21.0 Å². The van der Waals surface area contributed by atoms with Crippen LogP contribution in [0, 0.1) is 5.92 Å². The molecule has 270 valence electrons. The van der Waals surface area contributed by atoms with E-state index in [0.717, 1.165) is 63.9 Å². The Labute approximate surface area is 296 Å². The topological polar surface area (TPSA) is 129 Å². The second-order valence-electron chi connectivity index (χ2n) is 10.2. The molecule has 0 heterocycles. The molecule has 0 aromatic heterocycles. The second-order valence-corrected chi connectivity index (χ2v) is 11.1. The van der Waals surface area contributed by atoms with Gasteiger partial charge in [0, 0.05) is 27.5 Å². The summed E-state index contributed by atoms with van der Waals surface area (Å²) in [7, 11) is 0. The van der Waals surface area contributed by atoms with Crippen LogP contribution in [0.5, 0.6) is 0 Å². The molecule has 0 aliphatic rings. The molecular formula is C36H54Cl2N2O8. The summed E-state index contributed by atoms with van der Waals surface area (Å²) in [6.07, 6.45) is 7.84. The van der Waals surface area contributed by atoms with Gasteiger partial charge in [0.1, 0.15) is 0 Å². The summed E-state index contributed by atoms with van der Waals surface area (Å²) in [5.41, 5.74) is 1.28. The average Bonchev–Trinajstić information content (AvgIpc) is 3.05. The molecule has 2 amide bonds. The maximum absolute atomic E-state index is 11.6. The number of halogens is 2. The Balaban J connectivity index is 0. The number of hydrogen-bond donors (Lipinski definition) is 2. The molecule has 1 unspecified atom stereocenters. The van der Waals surface area contributed by atoms with Crippen LogP contribution in [0.25, 0.3) is 0 Å². The minimum Gasteiger partial charge on any atom is -0.465 e. The summed E-state index contributed by atoms with van der Waals surface area (Å²) in [5.74, 6) is -0.556. The van der Waals surface area contributed by atoms with Gasteiger partial charge in [-0.1, -0.05) is 58.5 Å². The number of hydrogen-bond acceptors (Lipinski definition) is 8. The van der Waals surface area contributed by atoms with E-state index in [4.69, 9.17) is 42.1 Å². The van der Waals surface area contributed by atoms with Crippen LogP contribution in [-0.2, 0) is 28.5 Å². The van der Waals surface area contributed by atoms with Crippen molar-refractivity contribution in [1.82, 2.24) is 0 Å². The fourth-order valence-electron chi connectivity index (χ4n) is 3.53. The zero-order chi connectivity index (χ0) is 34.0. The lowest BCUT2D eigenvalue weighted by Crippen LogP contribution is -2.15. The average molecular weight is 714 g/mol. The first-order valence-electron chi connectivity index (χ1n) is 15.5. The molecule has 0 fully saturated rings. The summed E-state index contributed by atoms with van der Waals surface area (Å²) >= 11 is 11.5. The van der Waals surface area contributed by atoms with E-state index in [9.17, 15) is 19.2 Å². The molecule has 2 aromatic rings. The molecule has 2 rings (SSSR count). The van der Waals surface area contributed by atoms with Gasteiger partial charge < -0.3 is 18.9 Å². The van der Waals surface area contributed by atoms with Gasteiger partial charge in [-0.15, -0.1) is 0 Å². The third kappa shape index (κ3) is 24.4. The minimum absolute atomic E-state index is 0. The molecule has 0 saturated carbocycles. The fraction of sp³-hybridized carbons (Fsp3) is 0.500. The third-order valence-electron chi connectivity index (χ3n) is 6.39. The lowest BCUT2D eigenvalue weighted by atomic mass is 10.1. The highest BCUT2D eigenvalue weighted by molar-refractivity contribution is 6.30. The van der Waals surface area contributed by atoms with Gasteiger partial charge in [0.25, 0.3) is 0 Å². The zero-order valence-electron chi connectivity index (χ0n) is 26.7. The molecule has 0 spiro atoms. The number of nitrogens with one attached hydrogen (secondary N) is 2.